The van der Waals surface area contributed by atoms with Gasteiger partial charge in [-0.3, -0.25) is 0 Å². The number of nitrogens with zero attached hydrogens (tertiary/aromatic N) is 2. The maximum atomic E-state index is 5.19. The van der Waals surface area contributed by atoms with Crippen LogP contribution >= 0.6 is 12.2 Å². The van der Waals surface area contributed by atoms with Crippen molar-refractivity contribution in [2.24, 2.45) is 0 Å². The van der Waals surface area contributed by atoms with E-state index in [1.807, 2.05) is 44.2 Å². The molecule has 0 aliphatic heterocycles. The number of nitrogens with one attached hydrogen (secondary N) is 2. The number of aromatic nitrogens is 2. The molecule has 18 heavy (non-hydrogen) atoms. The van der Waals surface area contributed by atoms with E-state index in [1.165, 1.54) is 5.56 Å². The molecule has 2 aromatic rings. The number of aryl methyl sites for hydroxylation is 2. The number of rotatable bonds is 2. The zero-order chi connectivity index (χ0) is 13.0. The van der Waals surface area contributed by atoms with Gasteiger partial charge in [0.25, 0.3) is 0 Å². The Bertz CT molecular complexity index is 551. The van der Waals surface area contributed by atoms with Crippen LogP contribution in [0.25, 0.3) is 0 Å². The summed E-state index contributed by atoms with van der Waals surface area (Å²) in [5.74, 6) is 0.500. The van der Waals surface area contributed by atoms with Crippen molar-refractivity contribution < 1.29 is 0 Å². The summed E-state index contributed by atoms with van der Waals surface area (Å²) in [7, 11) is 0. The van der Waals surface area contributed by atoms with Gasteiger partial charge in [0.05, 0.1) is 0 Å². The molecule has 2 N–H and O–H groups in total. The second-order valence-electron chi connectivity index (χ2n) is 3.97. The van der Waals surface area contributed by atoms with Gasteiger partial charge in [-0.2, -0.15) is 0 Å². The highest BCUT2D eigenvalue weighted by Crippen LogP contribution is 2.09. The predicted octanol–water partition coefficient (Wildman–Crippen LogP) is 2.90. The van der Waals surface area contributed by atoms with Crippen LogP contribution in [0.1, 0.15) is 11.3 Å². The summed E-state index contributed by atoms with van der Waals surface area (Å²) in [6, 6.07) is 9.82. The molecule has 0 atom stereocenters. The molecule has 0 saturated carbocycles. The molecular weight excluding hydrogens is 244 g/mol. The van der Waals surface area contributed by atoms with E-state index in [-0.39, 0.29) is 0 Å². The van der Waals surface area contributed by atoms with E-state index in [2.05, 4.69) is 20.6 Å². The normalized spacial score (nSPS) is 9.89. The maximum absolute atomic E-state index is 5.19. The summed E-state index contributed by atoms with van der Waals surface area (Å²) in [5, 5.41) is 6.50. The van der Waals surface area contributed by atoms with Crippen molar-refractivity contribution in [3.05, 3.63) is 47.8 Å². The molecule has 5 heteroatoms. The lowest BCUT2D eigenvalue weighted by atomic mass is 10.2. The van der Waals surface area contributed by atoms with Crippen molar-refractivity contribution in [2.75, 3.05) is 10.6 Å². The van der Waals surface area contributed by atoms with E-state index in [0.717, 1.165) is 11.4 Å². The van der Waals surface area contributed by atoms with Gasteiger partial charge < -0.3 is 10.6 Å². The highest BCUT2D eigenvalue weighted by atomic mass is 32.1. The number of anilines is 2. The Morgan fingerprint density at radius 1 is 1.06 bits per heavy atom. The van der Waals surface area contributed by atoms with Crippen LogP contribution < -0.4 is 10.6 Å². The van der Waals surface area contributed by atoms with Crippen LogP contribution in [0.4, 0.5) is 11.6 Å². The summed E-state index contributed by atoms with van der Waals surface area (Å²) in [6.07, 6.45) is 1.69. The lowest BCUT2D eigenvalue weighted by molar-refractivity contribution is 1.11. The zero-order valence-electron chi connectivity index (χ0n) is 10.3. The fourth-order valence-electron chi connectivity index (χ4n) is 1.41. The van der Waals surface area contributed by atoms with Crippen molar-refractivity contribution in [3.8, 4) is 0 Å². The molecule has 0 fully saturated rings. The van der Waals surface area contributed by atoms with Crippen molar-refractivity contribution in [2.45, 2.75) is 13.8 Å². The first kappa shape index (κ1) is 12.4. The fourth-order valence-corrected chi connectivity index (χ4v) is 1.62. The van der Waals surface area contributed by atoms with E-state index in [0.29, 0.717) is 11.1 Å². The SMILES string of the molecule is Cc1ccc(NC(=S)Nc2nccc(C)n2)cc1. The molecule has 92 valence electrons. The standard InChI is InChI=1S/C13H14N4S/c1-9-3-5-11(6-4-9)16-13(18)17-12-14-8-7-10(2)15-12/h3-8H,1-2H3,(H2,14,15,16,17,18). The van der Waals surface area contributed by atoms with Crippen LogP contribution in [-0.4, -0.2) is 15.1 Å². The Labute approximate surface area is 111 Å². The van der Waals surface area contributed by atoms with Gasteiger partial charge in [-0.05, 0) is 44.3 Å². The van der Waals surface area contributed by atoms with Crippen LogP contribution in [0, 0.1) is 13.8 Å². The summed E-state index contributed by atoms with van der Waals surface area (Å²) in [5.41, 5.74) is 3.04. The van der Waals surface area contributed by atoms with E-state index < -0.39 is 0 Å². The average Bonchev–Trinajstić information content (AvgIpc) is 2.32. The Balaban J connectivity index is 1.98. The molecule has 1 heterocycles. The summed E-state index contributed by atoms with van der Waals surface area (Å²) in [6.45, 7) is 3.95. The van der Waals surface area contributed by atoms with Gasteiger partial charge in [-0.25, -0.2) is 9.97 Å². The Kier molecular flexibility index (Phi) is 3.84. The molecule has 0 saturated heterocycles. The summed E-state index contributed by atoms with van der Waals surface area (Å²) in [4.78, 5) is 8.30. The van der Waals surface area contributed by atoms with Crippen LogP contribution in [0.5, 0.6) is 0 Å². The molecule has 1 aromatic carbocycles. The highest BCUT2D eigenvalue weighted by Gasteiger charge is 2.00. The molecule has 0 radical (unpaired) electrons. The third-order valence-corrected chi connectivity index (χ3v) is 2.53. The van der Waals surface area contributed by atoms with Crippen molar-refractivity contribution in [3.63, 3.8) is 0 Å². The lowest BCUT2D eigenvalue weighted by Gasteiger charge is -2.09. The molecule has 0 amide bonds. The fraction of sp³-hybridized carbons (Fsp3) is 0.154. The molecule has 0 aliphatic rings. The molecule has 0 spiro atoms. The number of hydrogen-bond donors (Lipinski definition) is 2. The highest BCUT2D eigenvalue weighted by molar-refractivity contribution is 7.80. The van der Waals surface area contributed by atoms with Crippen LogP contribution in [0.2, 0.25) is 0 Å². The second-order valence-corrected chi connectivity index (χ2v) is 4.38. The third kappa shape index (κ3) is 3.49. The average molecular weight is 258 g/mol. The van der Waals surface area contributed by atoms with Crippen LogP contribution in [0.3, 0.4) is 0 Å². The minimum absolute atomic E-state index is 0.476. The quantitative estimate of drug-likeness (QED) is 0.811. The molecular formula is C13H14N4S. The van der Waals surface area contributed by atoms with Gasteiger partial charge in [0.2, 0.25) is 5.95 Å². The number of hydrogen-bond acceptors (Lipinski definition) is 3. The largest absolute Gasteiger partial charge is 0.332 e. The van der Waals surface area contributed by atoms with Gasteiger partial charge in [0.1, 0.15) is 0 Å². The first-order chi connectivity index (χ1) is 8.63. The lowest BCUT2D eigenvalue weighted by Crippen LogP contribution is -2.20. The molecule has 1 aromatic heterocycles. The smallest absolute Gasteiger partial charge is 0.229 e. The van der Waals surface area contributed by atoms with Gasteiger partial charge in [0.15, 0.2) is 5.11 Å². The van der Waals surface area contributed by atoms with Gasteiger partial charge >= 0.3 is 0 Å². The summed E-state index contributed by atoms with van der Waals surface area (Å²) < 4.78 is 0. The molecule has 0 bridgehead atoms. The topological polar surface area (TPSA) is 49.8 Å². The first-order valence-corrected chi connectivity index (χ1v) is 5.98. The Morgan fingerprint density at radius 2 is 1.78 bits per heavy atom. The maximum Gasteiger partial charge on any atom is 0.229 e. The van der Waals surface area contributed by atoms with E-state index in [1.54, 1.807) is 6.20 Å². The predicted molar refractivity (Wildman–Crippen MR) is 77.8 cm³/mol. The van der Waals surface area contributed by atoms with Crippen LogP contribution in [0.15, 0.2) is 36.5 Å². The van der Waals surface area contributed by atoms with E-state index >= 15 is 0 Å². The van der Waals surface area contributed by atoms with Gasteiger partial charge in [0, 0.05) is 17.6 Å². The van der Waals surface area contributed by atoms with Crippen molar-refractivity contribution >= 4 is 29.0 Å². The van der Waals surface area contributed by atoms with Gasteiger partial charge in [-0.1, -0.05) is 17.7 Å². The third-order valence-electron chi connectivity index (χ3n) is 2.33. The van der Waals surface area contributed by atoms with E-state index in [9.17, 15) is 0 Å². The molecule has 4 nitrogen and oxygen atoms in total. The molecule has 2 rings (SSSR count). The minimum Gasteiger partial charge on any atom is -0.332 e. The monoisotopic (exact) mass is 258 g/mol. The first-order valence-electron chi connectivity index (χ1n) is 5.58. The van der Waals surface area contributed by atoms with Crippen molar-refractivity contribution in [1.29, 1.82) is 0 Å². The molecule has 0 aliphatic carbocycles. The van der Waals surface area contributed by atoms with Crippen molar-refractivity contribution in [1.82, 2.24) is 9.97 Å². The second kappa shape index (κ2) is 5.55. The zero-order valence-corrected chi connectivity index (χ0v) is 11.1. The summed E-state index contributed by atoms with van der Waals surface area (Å²) >= 11 is 5.19. The Hall–Kier alpha value is -2.01. The van der Waals surface area contributed by atoms with Gasteiger partial charge in [-0.15, -0.1) is 0 Å². The number of benzene rings is 1. The number of thiocarbonyl (C=S) groups is 1. The molecule has 0 unspecified atom stereocenters. The minimum atomic E-state index is 0.476. The van der Waals surface area contributed by atoms with E-state index in [4.69, 9.17) is 12.2 Å². The Morgan fingerprint density at radius 3 is 2.44 bits per heavy atom. The van der Waals surface area contributed by atoms with Crippen LogP contribution in [-0.2, 0) is 0 Å².